The number of carbonyl (C=O) groups is 2. The second kappa shape index (κ2) is 41.9. The van der Waals surface area contributed by atoms with E-state index in [2.05, 4.69) is 26.0 Å². The highest BCUT2D eigenvalue weighted by molar-refractivity contribution is 7.47. The predicted molar refractivity (Wildman–Crippen MR) is 231 cm³/mol. The van der Waals surface area contributed by atoms with E-state index >= 15 is 0 Å². The van der Waals surface area contributed by atoms with E-state index in [0.29, 0.717) is 13.0 Å². The van der Waals surface area contributed by atoms with Gasteiger partial charge in [0, 0.05) is 13.0 Å². The minimum atomic E-state index is -4.61. The van der Waals surface area contributed by atoms with Crippen molar-refractivity contribution in [2.75, 3.05) is 26.4 Å². The first-order valence-electron chi connectivity index (χ1n) is 23.2. The molecule has 0 aliphatic carbocycles. The number of esters is 1. The molecule has 0 heterocycles. The molecular weight excluding hydrogens is 729 g/mol. The molecule has 3 atom stereocenters. The zero-order valence-electron chi connectivity index (χ0n) is 36.2. The standard InChI is InChI=1S/C45H88NO9P/c1-3-5-7-9-11-13-15-16-17-18-19-20-21-22-23-24-25-26-27-29-31-33-35-37-44(47)55-42(40-53-56(50,51)54-41-43(46)45(48)49)39-52-38-36-34-32-30-28-14-12-10-8-6-4-2/h18-19,42-43H,3-17,20-41,46H2,1-2H3,(H,48,49)(H,50,51)/b19-18-. The zero-order chi connectivity index (χ0) is 41.2. The van der Waals surface area contributed by atoms with Crippen molar-refractivity contribution in [3.63, 3.8) is 0 Å². The third-order valence-electron chi connectivity index (χ3n) is 10.3. The van der Waals surface area contributed by atoms with Crippen LogP contribution in [0.3, 0.4) is 0 Å². The summed E-state index contributed by atoms with van der Waals surface area (Å²) in [6, 6.07) is -1.47. The lowest BCUT2D eigenvalue weighted by molar-refractivity contribution is -0.154. The van der Waals surface area contributed by atoms with E-state index in [4.69, 9.17) is 29.4 Å². The second-order valence-corrected chi connectivity index (χ2v) is 17.3. The van der Waals surface area contributed by atoms with E-state index in [1.807, 2.05) is 0 Å². The van der Waals surface area contributed by atoms with Gasteiger partial charge in [0.05, 0.1) is 19.8 Å². The molecule has 0 amide bonds. The lowest BCUT2D eigenvalue weighted by atomic mass is 10.0. The second-order valence-electron chi connectivity index (χ2n) is 15.9. The molecule has 0 aliphatic rings. The Hall–Kier alpha value is -1.29. The number of hydrogen-bond donors (Lipinski definition) is 3. The Morgan fingerprint density at radius 2 is 0.929 bits per heavy atom. The predicted octanol–water partition coefficient (Wildman–Crippen LogP) is 12.9. The van der Waals surface area contributed by atoms with Crippen molar-refractivity contribution in [3.8, 4) is 0 Å². The molecular formula is C45H88NO9P. The fourth-order valence-corrected chi connectivity index (χ4v) is 7.44. The average Bonchev–Trinajstić information content (AvgIpc) is 3.18. The number of nitrogens with two attached hydrogens (primary N) is 1. The quantitative estimate of drug-likeness (QED) is 0.0234. The molecule has 10 nitrogen and oxygen atoms in total. The molecule has 0 saturated carbocycles. The Kier molecular flexibility index (Phi) is 40.9. The van der Waals surface area contributed by atoms with Crippen LogP contribution in [0.4, 0.5) is 0 Å². The van der Waals surface area contributed by atoms with Gasteiger partial charge >= 0.3 is 19.8 Å². The molecule has 0 rings (SSSR count). The zero-order valence-corrected chi connectivity index (χ0v) is 37.1. The summed E-state index contributed by atoms with van der Waals surface area (Å²) in [6.45, 7) is 3.91. The summed E-state index contributed by atoms with van der Waals surface area (Å²) in [5.41, 5.74) is 5.35. The van der Waals surface area contributed by atoms with Gasteiger partial charge in [0.25, 0.3) is 0 Å². The van der Waals surface area contributed by atoms with Crippen LogP contribution in [0.5, 0.6) is 0 Å². The van der Waals surface area contributed by atoms with Crippen LogP contribution in [0.2, 0.25) is 0 Å². The number of rotatable bonds is 45. The summed E-state index contributed by atoms with van der Waals surface area (Å²) in [6.07, 6.45) is 44.1. The van der Waals surface area contributed by atoms with E-state index in [-0.39, 0.29) is 13.0 Å². The number of phosphoric acid groups is 1. The van der Waals surface area contributed by atoms with Crippen LogP contribution in [0.1, 0.15) is 226 Å². The van der Waals surface area contributed by atoms with Gasteiger partial charge in [-0.25, -0.2) is 4.57 Å². The normalized spacial score (nSPS) is 13.9. The Balaban J connectivity index is 4.08. The summed E-state index contributed by atoms with van der Waals surface area (Å²) in [7, 11) is -4.61. The van der Waals surface area contributed by atoms with Gasteiger partial charge in [-0.1, -0.05) is 193 Å². The molecule has 0 bridgehead atoms. The van der Waals surface area contributed by atoms with Gasteiger partial charge in [-0.15, -0.1) is 0 Å². The largest absolute Gasteiger partial charge is 0.480 e. The van der Waals surface area contributed by atoms with Crippen molar-refractivity contribution in [1.29, 1.82) is 0 Å². The number of allylic oxidation sites excluding steroid dienone is 2. The van der Waals surface area contributed by atoms with Crippen LogP contribution in [0, 0.1) is 0 Å². The number of aliphatic carboxylic acids is 1. The van der Waals surface area contributed by atoms with Crippen LogP contribution in [0.15, 0.2) is 12.2 Å². The summed E-state index contributed by atoms with van der Waals surface area (Å²) >= 11 is 0. The molecule has 332 valence electrons. The van der Waals surface area contributed by atoms with Crippen LogP contribution in [-0.4, -0.2) is 60.5 Å². The fraction of sp³-hybridized carbons (Fsp3) is 0.911. The Morgan fingerprint density at radius 1 is 0.554 bits per heavy atom. The smallest absolute Gasteiger partial charge is 0.472 e. The van der Waals surface area contributed by atoms with Crippen LogP contribution >= 0.6 is 7.82 Å². The van der Waals surface area contributed by atoms with E-state index in [0.717, 1.165) is 32.1 Å². The molecule has 0 aliphatic heterocycles. The molecule has 0 spiro atoms. The van der Waals surface area contributed by atoms with Crippen molar-refractivity contribution < 1.29 is 42.7 Å². The van der Waals surface area contributed by atoms with Crippen molar-refractivity contribution in [3.05, 3.63) is 12.2 Å². The van der Waals surface area contributed by atoms with Crippen molar-refractivity contribution in [1.82, 2.24) is 0 Å². The molecule has 0 saturated heterocycles. The molecule has 11 heteroatoms. The third-order valence-corrected chi connectivity index (χ3v) is 11.2. The minimum Gasteiger partial charge on any atom is -0.480 e. The van der Waals surface area contributed by atoms with E-state index < -0.39 is 45.1 Å². The minimum absolute atomic E-state index is 0.0224. The molecule has 0 aromatic carbocycles. The number of carboxylic acids is 1. The number of hydrogen-bond acceptors (Lipinski definition) is 8. The molecule has 4 N–H and O–H groups in total. The summed E-state index contributed by atoms with van der Waals surface area (Å²) in [5.74, 6) is -1.77. The van der Waals surface area contributed by atoms with E-state index in [1.165, 1.54) is 167 Å². The number of carboxylic acid groups (broad SMARTS) is 1. The Labute approximate surface area is 343 Å². The van der Waals surface area contributed by atoms with Gasteiger partial charge in [0.2, 0.25) is 0 Å². The fourth-order valence-electron chi connectivity index (χ4n) is 6.66. The van der Waals surface area contributed by atoms with Gasteiger partial charge < -0.3 is 25.2 Å². The van der Waals surface area contributed by atoms with Gasteiger partial charge in [-0.05, 0) is 38.5 Å². The highest BCUT2D eigenvalue weighted by Gasteiger charge is 2.27. The van der Waals surface area contributed by atoms with Crippen LogP contribution in [-0.2, 0) is 32.7 Å². The SMILES string of the molecule is CCCCCCCCCC/C=C\CCCCCCCCCCCCCC(=O)OC(COCCCCCCCCCCCCC)COP(=O)(O)OCC(N)C(=O)O. The molecule has 0 radical (unpaired) electrons. The Bertz CT molecular complexity index is 951. The monoisotopic (exact) mass is 818 g/mol. The van der Waals surface area contributed by atoms with Gasteiger partial charge in [-0.3, -0.25) is 18.6 Å². The maximum Gasteiger partial charge on any atom is 0.472 e. The maximum absolute atomic E-state index is 12.6. The number of carbonyl (C=O) groups excluding carboxylic acids is 1. The first-order chi connectivity index (χ1) is 27.2. The topological polar surface area (TPSA) is 155 Å². The van der Waals surface area contributed by atoms with E-state index in [1.54, 1.807) is 0 Å². The third kappa shape index (κ3) is 40.9. The van der Waals surface area contributed by atoms with Crippen LogP contribution in [0.25, 0.3) is 0 Å². The first kappa shape index (κ1) is 54.7. The molecule has 3 unspecified atom stereocenters. The molecule has 56 heavy (non-hydrogen) atoms. The number of phosphoric ester groups is 1. The summed E-state index contributed by atoms with van der Waals surface area (Å²) in [4.78, 5) is 33.5. The average molecular weight is 818 g/mol. The van der Waals surface area contributed by atoms with Gasteiger partial charge in [-0.2, -0.15) is 0 Å². The highest BCUT2D eigenvalue weighted by atomic mass is 31.2. The van der Waals surface area contributed by atoms with Gasteiger partial charge in [0.1, 0.15) is 12.1 Å². The summed E-state index contributed by atoms with van der Waals surface area (Å²) in [5, 5.41) is 8.89. The van der Waals surface area contributed by atoms with Crippen molar-refractivity contribution in [2.24, 2.45) is 5.73 Å². The number of ether oxygens (including phenoxy) is 2. The molecule has 0 fully saturated rings. The van der Waals surface area contributed by atoms with Gasteiger partial charge in [0.15, 0.2) is 0 Å². The maximum atomic E-state index is 12.6. The van der Waals surface area contributed by atoms with Crippen molar-refractivity contribution in [2.45, 2.75) is 238 Å². The first-order valence-corrected chi connectivity index (χ1v) is 24.7. The van der Waals surface area contributed by atoms with Crippen LogP contribution < -0.4 is 5.73 Å². The summed E-state index contributed by atoms with van der Waals surface area (Å²) < 4.78 is 33.3. The van der Waals surface area contributed by atoms with Crippen molar-refractivity contribution >= 4 is 19.8 Å². The molecule has 0 aromatic heterocycles. The van der Waals surface area contributed by atoms with E-state index in [9.17, 15) is 19.0 Å². The molecule has 0 aromatic rings. The lowest BCUT2D eigenvalue weighted by Crippen LogP contribution is -2.34. The lowest BCUT2D eigenvalue weighted by Gasteiger charge is -2.20. The highest BCUT2D eigenvalue weighted by Crippen LogP contribution is 2.43. The Morgan fingerprint density at radius 3 is 1.36 bits per heavy atom. The number of unbranched alkanes of at least 4 members (excludes halogenated alkanes) is 29.